The number of hydrogen-bond acceptors (Lipinski definition) is 4. The molecule has 7 heteroatoms. The van der Waals surface area contributed by atoms with Crippen LogP contribution in [-0.2, 0) is 0 Å². The van der Waals surface area contributed by atoms with Crippen molar-refractivity contribution in [2.45, 2.75) is 13.0 Å². The van der Waals surface area contributed by atoms with Gasteiger partial charge in [0.1, 0.15) is 0 Å². The van der Waals surface area contributed by atoms with Crippen LogP contribution in [0.25, 0.3) is 0 Å². The molecule has 0 aliphatic heterocycles. The molecular formula is C11H13FN2O3S. The Labute approximate surface area is 108 Å². The molecule has 98 valence electrons. The van der Waals surface area contributed by atoms with Gasteiger partial charge in [-0.25, -0.2) is 0 Å². The number of nitrogens with one attached hydrogen (secondary N) is 1. The average Bonchev–Trinajstić information content (AvgIpc) is 2.29. The molecule has 5 nitrogen and oxygen atoms in total. The van der Waals surface area contributed by atoms with E-state index in [1.807, 2.05) is 13.2 Å². The normalized spacial score (nSPS) is 11.9. The van der Waals surface area contributed by atoms with E-state index in [1.54, 1.807) is 11.8 Å². The molecule has 1 unspecified atom stereocenters. The lowest BCUT2D eigenvalue weighted by Gasteiger charge is -2.12. The number of nitrogens with zero attached hydrogens (tertiary/aromatic N) is 1. The first kappa shape index (κ1) is 14.4. The fraction of sp³-hybridized carbons (Fsp3) is 0.364. The van der Waals surface area contributed by atoms with Crippen LogP contribution in [0, 0.1) is 15.9 Å². The molecule has 1 aromatic carbocycles. The molecular weight excluding hydrogens is 259 g/mol. The quantitative estimate of drug-likeness (QED) is 0.659. The summed E-state index contributed by atoms with van der Waals surface area (Å²) in [6.45, 7) is 1.83. The number of benzene rings is 1. The number of nitro groups is 1. The summed E-state index contributed by atoms with van der Waals surface area (Å²) in [7, 11) is 0. The summed E-state index contributed by atoms with van der Waals surface area (Å²) in [5.41, 5.74) is -0.615. The van der Waals surface area contributed by atoms with E-state index in [2.05, 4.69) is 5.32 Å². The van der Waals surface area contributed by atoms with Gasteiger partial charge in [0.05, 0.1) is 4.92 Å². The first-order valence-electron chi connectivity index (χ1n) is 5.19. The SMILES string of the molecule is CSCC(C)NC(=O)c1ccc(F)c([N+](=O)[O-])c1. The highest BCUT2D eigenvalue weighted by molar-refractivity contribution is 7.98. The van der Waals surface area contributed by atoms with Gasteiger partial charge < -0.3 is 5.32 Å². The molecule has 0 heterocycles. The first-order chi connectivity index (χ1) is 8.45. The largest absolute Gasteiger partial charge is 0.349 e. The summed E-state index contributed by atoms with van der Waals surface area (Å²) < 4.78 is 13.1. The Balaban J connectivity index is 2.87. The highest BCUT2D eigenvalue weighted by Gasteiger charge is 2.18. The standard InChI is InChI=1S/C11H13FN2O3S/c1-7(6-18-2)13-11(15)8-3-4-9(12)10(5-8)14(16)17/h3-5,7H,6H2,1-2H3,(H,13,15). The number of halogens is 1. The van der Waals surface area contributed by atoms with Crippen LogP contribution in [-0.4, -0.2) is 28.9 Å². The van der Waals surface area contributed by atoms with Crippen LogP contribution in [0.5, 0.6) is 0 Å². The number of amides is 1. The molecule has 0 saturated carbocycles. The molecule has 0 radical (unpaired) electrons. The number of thioether (sulfide) groups is 1. The van der Waals surface area contributed by atoms with E-state index in [0.29, 0.717) is 0 Å². The van der Waals surface area contributed by atoms with Crippen molar-refractivity contribution in [1.82, 2.24) is 5.32 Å². The smallest absolute Gasteiger partial charge is 0.305 e. The van der Waals surface area contributed by atoms with Crippen molar-refractivity contribution in [3.63, 3.8) is 0 Å². The van der Waals surface area contributed by atoms with Gasteiger partial charge in [-0.05, 0) is 25.3 Å². The van der Waals surface area contributed by atoms with E-state index < -0.39 is 22.3 Å². The molecule has 0 spiro atoms. The molecule has 1 amide bonds. The first-order valence-corrected chi connectivity index (χ1v) is 6.58. The zero-order chi connectivity index (χ0) is 13.7. The fourth-order valence-electron chi connectivity index (χ4n) is 1.39. The maximum atomic E-state index is 13.1. The van der Waals surface area contributed by atoms with Crippen LogP contribution in [0.2, 0.25) is 0 Å². The molecule has 1 rings (SSSR count). The van der Waals surface area contributed by atoms with Gasteiger partial charge in [0.15, 0.2) is 0 Å². The number of nitro benzene ring substituents is 1. The van der Waals surface area contributed by atoms with Crippen molar-refractivity contribution < 1.29 is 14.1 Å². The lowest BCUT2D eigenvalue weighted by Crippen LogP contribution is -2.34. The van der Waals surface area contributed by atoms with Gasteiger partial charge in [0.25, 0.3) is 5.91 Å². The topological polar surface area (TPSA) is 72.2 Å². The second-order valence-electron chi connectivity index (χ2n) is 3.75. The van der Waals surface area contributed by atoms with E-state index in [9.17, 15) is 19.3 Å². The van der Waals surface area contributed by atoms with Gasteiger partial charge in [-0.15, -0.1) is 0 Å². The Morgan fingerprint density at radius 3 is 2.83 bits per heavy atom. The van der Waals surface area contributed by atoms with Crippen LogP contribution >= 0.6 is 11.8 Å². The Hall–Kier alpha value is -1.63. The van der Waals surface area contributed by atoms with Gasteiger partial charge in [-0.3, -0.25) is 14.9 Å². The lowest BCUT2D eigenvalue weighted by atomic mass is 10.1. The number of carbonyl (C=O) groups is 1. The molecule has 0 fully saturated rings. The number of rotatable bonds is 5. The predicted octanol–water partition coefficient (Wildman–Crippen LogP) is 2.22. The highest BCUT2D eigenvalue weighted by Crippen LogP contribution is 2.18. The predicted molar refractivity (Wildman–Crippen MR) is 68.4 cm³/mol. The summed E-state index contributed by atoms with van der Waals surface area (Å²) in [4.78, 5) is 21.5. The van der Waals surface area contributed by atoms with Crippen LogP contribution < -0.4 is 5.32 Å². The van der Waals surface area contributed by atoms with Crippen molar-refractivity contribution in [3.8, 4) is 0 Å². The minimum absolute atomic E-state index is 0.0587. The number of carbonyl (C=O) groups excluding carboxylic acids is 1. The van der Waals surface area contributed by atoms with Crippen LogP contribution in [0.15, 0.2) is 18.2 Å². The van der Waals surface area contributed by atoms with Crippen molar-refractivity contribution in [3.05, 3.63) is 39.7 Å². The van der Waals surface area contributed by atoms with E-state index in [4.69, 9.17) is 0 Å². The molecule has 0 aliphatic carbocycles. The Bertz CT molecular complexity index is 468. The van der Waals surface area contributed by atoms with Gasteiger partial charge in [0.2, 0.25) is 5.82 Å². The molecule has 0 aliphatic rings. The summed E-state index contributed by atoms with van der Waals surface area (Å²) in [5.74, 6) is -0.664. The van der Waals surface area contributed by atoms with Crippen molar-refractivity contribution in [2.75, 3.05) is 12.0 Å². The zero-order valence-corrected chi connectivity index (χ0v) is 10.8. The monoisotopic (exact) mass is 272 g/mol. The molecule has 1 aromatic rings. The average molecular weight is 272 g/mol. The third kappa shape index (κ3) is 3.69. The van der Waals surface area contributed by atoms with E-state index in [1.165, 1.54) is 6.07 Å². The van der Waals surface area contributed by atoms with Crippen LogP contribution in [0.4, 0.5) is 10.1 Å². The maximum Gasteiger partial charge on any atom is 0.305 e. The van der Waals surface area contributed by atoms with Gasteiger partial charge in [-0.2, -0.15) is 16.2 Å². The second-order valence-corrected chi connectivity index (χ2v) is 4.66. The minimum atomic E-state index is -0.950. The highest BCUT2D eigenvalue weighted by atomic mass is 32.2. The molecule has 0 aromatic heterocycles. The third-order valence-corrected chi connectivity index (χ3v) is 3.03. The molecule has 0 bridgehead atoms. The van der Waals surface area contributed by atoms with E-state index >= 15 is 0 Å². The molecule has 18 heavy (non-hydrogen) atoms. The fourth-order valence-corrected chi connectivity index (χ4v) is 1.98. The van der Waals surface area contributed by atoms with Crippen molar-refractivity contribution >= 4 is 23.4 Å². The van der Waals surface area contributed by atoms with Crippen LogP contribution in [0.1, 0.15) is 17.3 Å². The van der Waals surface area contributed by atoms with Crippen molar-refractivity contribution in [2.24, 2.45) is 0 Å². The maximum absolute atomic E-state index is 13.1. The molecule has 1 N–H and O–H groups in total. The van der Waals surface area contributed by atoms with Gasteiger partial charge >= 0.3 is 5.69 Å². The summed E-state index contributed by atoms with van der Waals surface area (Å²) >= 11 is 1.57. The van der Waals surface area contributed by atoms with Gasteiger partial charge in [-0.1, -0.05) is 0 Å². The lowest BCUT2D eigenvalue weighted by molar-refractivity contribution is -0.387. The molecule has 1 atom stereocenters. The minimum Gasteiger partial charge on any atom is -0.349 e. The Morgan fingerprint density at radius 1 is 1.61 bits per heavy atom. The summed E-state index contributed by atoms with van der Waals surface area (Å²) in [6, 6.07) is 3.03. The Kier molecular flexibility index (Phi) is 5.08. The van der Waals surface area contributed by atoms with E-state index in [0.717, 1.165) is 17.9 Å². The van der Waals surface area contributed by atoms with Crippen LogP contribution in [0.3, 0.4) is 0 Å². The third-order valence-electron chi connectivity index (χ3n) is 2.20. The number of hydrogen-bond donors (Lipinski definition) is 1. The van der Waals surface area contributed by atoms with Crippen molar-refractivity contribution in [1.29, 1.82) is 0 Å². The Morgan fingerprint density at radius 2 is 2.28 bits per heavy atom. The molecule has 0 saturated heterocycles. The summed E-state index contributed by atoms with van der Waals surface area (Å²) in [6.07, 6.45) is 1.91. The second kappa shape index (κ2) is 6.34. The van der Waals surface area contributed by atoms with Gasteiger partial charge in [0, 0.05) is 23.4 Å². The zero-order valence-electron chi connectivity index (χ0n) is 9.97. The summed E-state index contributed by atoms with van der Waals surface area (Å²) in [5, 5.41) is 13.2. The van der Waals surface area contributed by atoms with E-state index in [-0.39, 0.29) is 11.6 Å².